The Labute approximate surface area is 160 Å². The van der Waals surface area contributed by atoms with Crippen molar-refractivity contribution in [3.05, 3.63) is 78.1 Å². The number of carbonyl (C=O) groups excluding carboxylic acids is 1. The van der Waals surface area contributed by atoms with E-state index >= 15 is 0 Å². The third kappa shape index (κ3) is 3.83. The van der Waals surface area contributed by atoms with Crippen LogP contribution < -0.4 is 10.1 Å². The van der Waals surface area contributed by atoms with E-state index in [1.165, 1.54) is 12.1 Å². The monoisotopic (exact) mass is 376 g/mol. The molecule has 140 valence electrons. The number of aromatic nitrogens is 3. The average molecular weight is 376 g/mol. The van der Waals surface area contributed by atoms with Gasteiger partial charge in [0.1, 0.15) is 11.0 Å². The molecular formula is C21H17FN4O2. The molecule has 1 N–H and O–H groups in total. The van der Waals surface area contributed by atoms with Crippen molar-refractivity contribution in [1.29, 1.82) is 0 Å². The predicted molar refractivity (Wildman–Crippen MR) is 104 cm³/mol. The van der Waals surface area contributed by atoms with Crippen LogP contribution in [0.2, 0.25) is 0 Å². The molecule has 4 aromatic rings. The van der Waals surface area contributed by atoms with Gasteiger partial charge in [0.15, 0.2) is 18.2 Å². The minimum Gasteiger partial charge on any atom is -0.481 e. The van der Waals surface area contributed by atoms with Crippen molar-refractivity contribution in [2.75, 3.05) is 11.9 Å². The first kappa shape index (κ1) is 17.7. The number of nitrogens with zero attached hydrogens (tertiary/aromatic N) is 3. The van der Waals surface area contributed by atoms with Crippen LogP contribution in [0.4, 0.5) is 10.1 Å². The van der Waals surface area contributed by atoms with E-state index in [0.717, 1.165) is 11.3 Å². The molecule has 3 aromatic carbocycles. The van der Waals surface area contributed by atoms with Gasteiger partial charge in [-0.2, -0.15) is 4.80 Å². The first-order valence-corrected chi connectivity index (χ1v) is 8.70. The maximum Gasteiger partial charge on any atom is 0.262 e. The van der Waals surface area contributed by atoms with Gasteiger partial charge in [-0.1, -0.05) is 29.8 Å². The Morgan fingerprint density at radius 2 is 1.79 bits per heavy atom. The van der Waals surface area contributed by atoms with Crippen LogP contribution in [0.15, 0.2) is 66.7 Å². The molecule has 0 radical (unpaired) electrons. The quantitative estimate of drug-likeness (QED) is 0.574. The van der Waals surface area contributed by atoms with Crippen molar-refractivity contribution in [2.45, 2.75) is 6.92 Å². The van der Waals surface area contributed by atoms with Crippen LogP contribution in [0.5, 0.6) is 5.75 Å². The molecule has 6 nitrogen and oxygen atoms in total. The van der Waals surface area contributed by atoms with Crippen LogP contribution in [0.3, 0.4) is 0 Å². The van der Waals surface area contributed by atoms with Crippen LogP contribution in [-0.2, 0) is 4.79 Å². The highest BCUT2D eigenvalue weighted by Gasteiger charge is 2.09. The number of halogens is 1. The van der Waals surface area contributed by atoms with E-state index in [4.69, 9.17) is 4.74 Å². The van der Waals surface area contributed by atoms with E-state index in [-0.39, 0.29) is 12.4 Å². The van der Waals surface area contributed by atoms with Crippen molar-refractivity contribution in [2.24, 2.45) is 0 Å². The number of rotatable bonds is 5. The Hall–Kier alpha value is -3.74. The molecule has 1 aromatic heterocycles. The summed E-state index contributed by atoms with van der Waals surface area (Å²) in [4.78, 5) is 13.6. The fourth-order valence-electron chi connectivity index (χ4n) is 2.69. The lowest BCUT2D eigenvalue weighted by atomic mass is 10.2. The lowest BCUT2D eigenvalue weighted by Crippen LogP contribution is -2.20. The van der Waals surface area contributed by atoms with Crippen molar-refractivity contribution in [3.8, 4) is 11.4 Å². The molecule has 0 spiro atoms. The fourth-order valence-corrected chi connectivity index (χ4v) is 2.69. The van der Waals surface area contributed by atoms with Gasteiger partial charge in [-0.3, -0.25) is 4.79 Å². The summed E-state index contributed by atoms with van der Waals surface area (Å²) in [6.07, 6.45) is 0. The Bertz CT molecular complexity index is 1140. The average Bonchev–Trinajstić information content (AvgIpc) is 3.11. The predicted octanol–water partition coefficient (Wildman–Crippen LogP) is 3.89. The number of anilines is 1. The molecule has 0 unspecified atom stereocenters. The Morgan fingerprint density at radius 1 is 1.04 bits per heavy atom. The Morgan fingerprint density at radius 3 is 2.57 bits per heavy atom. The molecule has 0 aliphatic heterocycles. The highest BCUT2D eigenvalue weighted by atomic mass is 19.1. The highest BCUT2D eigenvalue weighted by Crippen LogP contribution is 2.18. The number of para-hydroxylation sites is 1. The molecular weight excluding hydrogens is 359 g/mol. The van der Waals surface area contributed by atoms with Gasteiger partial charge < -0.3 is 10.1 Å². The maximum absolute atomic E-state index is 13.5. The number of ether oxygens (including phenoxy) is 1. The second kappa shape index (κ2) is 7.48. The van der Waals surface area contributed by atoms with Crippen molar-refractivity contribution < 1.29 is 13.9 Å². The summed E-state index contributed by atoms with van der Waals surface area (Å²) < 4.78 is 18.7. The minimum absolute atomic E-state index is 0.0362. The van der Waals surface area contributed by atoms with Gasteiger partial charge in [0.25, 0.3) is 5.91 Å². The summed E-state index contributed by atoms with van der Waals surface area (Å²) in [6.45, 7) is 1.72. The van der Waals surface area contributed by atoms with Crippen LogP contribution in [-0.4, -0.2) is 27.5 Å². The van der Waals surface area contributed by atoms with Gasteiger partial charge >= 0.3 is 0 Å². The van der Waals surface area contributed by atoms with Crippen LogP contribution in [0.25, 0.3) is 16.7 Å². The van der Waals surface area contributed by atoms with Crippen LogP contribution in [0.1, 0.15) is 5.56 Å². The van der Waals surface area contributed by atoms with E-state index in [1.807, 2.05) is 31.2 Å². The molecule has 1 amide bonds. The maximum atomic E-state index is 13.5. The van der Waals surface area contributed by atoms with Gasteiger partial charge in [-0.25, -0.2) is 4.39 Å². The molecule has 0 aliphatic rings. The van der Waals surface area contributed by atoms with Gasteiger partial charge in [0.05, 0.1) is 5.69 Å². The van der Waals surface area contributed by atoms with Crippen molar-refractivity contribution in [3.63, 3.8) is 0 Å². The number of hydrogen-bond donors (Lipinski definition) is 1. The van der Waals surface area contributed by atoms with E-state index in [0.29, 0.717) is 16.7 Å². The van der Waals surface area contributed by atoms with Gasteiger partial charge in [0.2, 0.25) is 0 Å². The molecule has 0 atom stereocenters. The number of amides is 1. The minimum atomic E-state index is -0.510. The molecule has 4 rings (SSSR count). The second-order valence-electron chi connectivity index (χ2n) is 6.30. The summed E-state index contributed by atoms with van der Waals surface area (Å²) >= 11 is 0. The number of hydrogen-bond acceptors (Lipinski definition) is 4. The van der Waals surface area contributed by atoms with E-state index < -0.39 is 11.7 Å². The topological polar surface area (TPSA) is 69.0 Å². The van der Waals surface area contributed by atoms with Crippen molar-refractivity contribution in [1.82, 2.24) is 15.0 Å². The molecule has 0 fully saturated rings. The lowest BCUT2D eigenvalue weighted by Gasteiger charge is -2.07. The molecule has 28 heavy (non-hydrogen) atoms. The third-order valence-electron chi connectivity index (χ3n) is 4.12. The van der Waals surface area contributed by atoms with Gasteiger partial charge in [-0.05, 0) is 49.4 Å². The van der Waals surface area contributed by atoms with Gasteiger partial charge in [-0.15, -0.1) is 10.2 Å². The first-order valence-electron chi connectivity index (χ1n) is 8.70. The van der Waals surface area contributed by atoms with E-state index in [2.05, 4.69) is 15.5 Å². The van der Waals surface area contributed by atoms with Crippen LogP contribution in [0, 0.1) is 12.7 Å². The van der Waals surface area contributed by atoms with E-state index in [1.54, 1.807) is 35.1 Å². The standard InChI is InChI=1S/C21H17FN4O2/c1-14-6-9-16(10-7-14)26-24-18-11-8-15(12-19(18)25-26)23-21(27)13-28-20-5-3-2-4-17(20)22/h2-12H,13H2,1H3,(H,23,27). The molecule has 0 bridgehead atoms. The molecule has 0 aliphatic carbocycles. The second-order valence-corrected chi connectivity index (χ2v) is 6.30. The zero-order chi connectivity index (χ0) is 19.5. The summed E-state index contributed by atoms with van der Waals surface area (Å²) in [5.41, 5.74) is 3.92. The summed E-state index contributed by atoms with van der Waals surface area (Å²) in [7, 11) is 0. The number of benzene rings is 3. The highest BCUT2D eigenvalue weighted by molar-refractivity contribution is 5.93. The Kier molecular flexibility index (Phi) is 4.72. The lowest BCUT2D eigenvalue weighted by molar-refractivity contribution is -0.118. The fraction of sp³-hybridized carbons (Fsp3) is 0.0952. The largest absolute Gasteiger partial charge is 0.481 e. The SMILES string of the molecule is Cc1ccc(-n2nc3ccc(NC(=O)COc4ccccc4F)cc3n2)cc1. The third-order valence-corrected chi connectivity index (χ3v) is 4.12. The summed E-state index contributed by atoms with van der Waals surface area (Å²) in [5, 5.41) is 11.6. The number of carbonyl (C=O) groups is 1. The molecule has 0 saturated carbocycles. The zero-order valence-electron chi connectivity index (χ0n) is 15.1. The smallest absolute Gasteiger partial charge is 0.262 e. The number of nitrogens with one attached hydrogen (secondary N) is 1. The van der Waals surface area contributed by atoms with Gasteiger partial charge in [0, 0.05) is 5.69 Å². The number of fused-ring (bicyclic) bond motifs is 1. The number of aryl methyl sites for hydroxylation is 1. The van der Waals surface area contributed by atoms with E-state index in [9.17, 15) is 9.18 Å². The van der Waals surface area contributed by atoms with Crippen molar-refractivity contribution >= 4 is 22.6 Å². The summed E-state index contributed by atoms with van der Waals surface area (Å²) in [6, 6.07) is 19.1. The normalized spacial score (nSPS) is 10.8. The molecule has 1 heterocycles. The molecule has 7 heteroatoms. The Balaban J connectivity index is 1.46. The first-order chi connectivity index (χ1) is 13.6. The molecule has 0 saturated heterocycles. The zero-order valence-corrected chi connectivity index (χ0v) is 15.1. The summed E-state index contributed by atoms with van der Waals surface area (Å²) in [5.74, 6) is -0.868. The van der Waals surface area contributed by atoms with Crippen LogP contribution >= 0.6 is 0 Å².